The van der Waals surface area contributed by atoms with Crippen LogP contribution in [0.4, 0.5) is 0 Å². The molecular weight excluding hydrogens is 214 g/mol. The first-order chi connectivity index (χ1) is 7.78. The SMILES string of the molecule is CCc1ccc(CCC2CCCC(C)N2)s1. The fraction of sp³-hybridized carbons (Fsp3) is 0.714. The van der Waals surface area contributed by atoms with Gasteiger partial charge in [-0.3, -0.25) is 0 Å². The van der Waals surface area contributed by atoms with E-state index in [4.69, 9.17) is 0 Å². The van der Waals surface area contributed by atoms with Crippen LogP contribution >= 0.6 is 11.3 Å². The molecule has 1 aliphatic heterocycles. The molecule has 90 valence electrons. The molecule has 2 heteroatoms. The third-order valence-electron chi connectivity index (χ3n) is 3.51. The van der Waals surface area contributed by atoms with Crippen molar-refractivity contribution < 1.29 is 0 Å². The van der Waals surface area contributed by atoms with E-state index in [1.54, 1.807) is 4.88 Å². The Balaban J connectivity index is 1.78. The van der Waals surface area contributed by atoms with E-state index in [0.717, 1.165) is 12.1 Å². The third kappa shape index (κ3) is 3.33. The lowest BCUT2D eigenvalue weighted by Gasteiger charge is -2.28. The lowest BCUT2D eigenvalue weighted by atomic mass is 9.96. The summed E-state index contributed by atoms with van der Waals surface area (Å²) in [7, 11) is 0. The molecule has 1 aliphatic rings. The van der Waals surface area contributed by atoms with E-state index < -0.39 is 0 Å². The Bertz CT molecular complexity index is 318. The highest BCUT2D eigenvalue weighted by molar-refractivity contribution is 7.11. The molecule has 0 spiro atoms. The quantitative estimate of drug-likeness (QED) is 0.840. The van der Waals surface area contributed by atoms with Gasteiger partial charge in [-0.15, -0.1) is 11.3 Å². The second-order valence-electron chi connectivity index (χ2n) is 4.96. The van der Waals surface area contributed by atoms with Crippen LogP contribution in [0.15, 0.2) is 12.1 Å². The van der Waals surface area contributed by atoms with E-state index in [1.807, 2.05) is 11.3 Å². The number of piperidine rings is 1. The van der Waals surface area contributed by atoms with Crippen LogP contribution in [0.2, 0.25) is 0 Å². The first kappa shape index (κ1) is 12.1. The Morgan fingerprint density at radius 1 is 1.31 bits per heavy atom. The van der Waals surface area contributed by atoms with E-state index in [0.29, 0.717) is 0 Å². The van der Waals surface area contributed by atoms with Crippen molar-refractivity contribution in [1.29, 1.82) is 0 Å². The minimum absolute atomic E-state index is 0.730. The molecule has 0 aromatic carbocycles. The molecular formula is C14H23NS. The fourth-order valence-electron chi connectivity index (χ4n) is 2.53. The predicted octanol–water partition coefficient (Wildman–Crippen LogP) is 3.77. The molecule has 0 amide bonds. The van der Waals surface area contributed by atoms with Crippen molar-refractivity contribution in [2.45, 2.75) is 64.5 Å². The molecule has 1 aromatic rings. The van der Waals surface area contributed by atoms with Gasteiger partial charge in [-0.25, -0.2) is 0 Å². The molecule has 2 unspecified atom stereocenters. The molecule has 1 aromatic heterocycles. The van der Waals surface area contributed by atoms with Crippen molar-refractivity contribution in [3.8, 4) is 0 Å². The minimum Gasteiger partial charge on any atom is -0.311 e. The highest BCUT2D eigenvalue weighted by Gasteiger charge is 2.17. The Morgan fingerprint density at radius 2 is 2.12 bits per heavy atom. The van der Waals surface area contributed by atoms with Crippen LogP contribution in [0.5, 0.6) is 0 Å². The monoisotopic (exact) mass is 237 g/mol. The zero-order valence-corrected chi connectivity index (χ0v) is 11.3. The van der Waals surface area contributed by atoms with Gasteiger partial charge in [-0.1, -0.05) is 13.3 Å². The number of nitrogens with one attached hydrogen (secondary N) is 1. The van der Waals surface area contributed by atoms with Gasteiger partial charge in [0.1, 0.15) is 0 Å². The first-order valence-electron chi connectivity index (χ1n) is 6.61. The molecule has 2 atom stereocenters. The van der Waals surface area contributed by atoms with Gasteiger partial charge >= 0.3 is 0 Å². The topological polar surface area (TPSA) is 12.0 Å². The third-order valence-corrected chi connectivity index (χ3v) is 4.80. The normalized spacial score (nSPS) is 25.9. The Hall–Kier alpha value is -0.340. The fourth-order valence-corrected chi connectivity index (χ4v) is 3.50. The van der Waals surface area contributed by atoms with Gasteiger partial charge in [0.15, 0.2) is 0 Å². The average Bonchev–Trinajstić information content (AvgIpc) is 2.74. The van der Waals surface area contributed by atoms with Gasteiger partial charge in [-0.05, 0) is 51.2 Å². The van der Waals surface area contributed by atoms with Gasteiger partial charge in [0.2, 0.25) is 0 Å². The molecule has 16 heavy (non-hydrogen) atoms. The molecule has 1 N–H and O–H groups in total. The van der Waals surface area contributed by atoms with Crippen LogP contribution < -0.4 is 5.32 Å². The van der Waals surface area contributed by atoms with E-state index in [1.165, 1.54) is 43.4 Å². The van der Waals surface area contributed by atoms with Crippen LogP contribution in [0.1, 0.15) is 49.3 Å². The molecule has 0 saturated carbocycles. The number of aryl methyl sites for hydroxylation is 2. The standard InChI is InChI=1S/C14H23NS/c1-3-13-9-10-14(16-13)8-7-12-6-4-5-11(2)15-12/h9-12,15H,3-8H2,1-2H3. The van der Waals surface area contributed by atoms with Crippen molar-refractivity contribution in [2.24, 2.45) is 0 Å². The smallest absolute Gasteiger partial charge is 0.00730 e. The van der Waals surface area contributed by atoms with Crippen LogP contribution in [0.25, 0.3) is 0 Å². The van der Waals surface area contributed by atoms with Crippen LogP contribution in [-0.2, 0) is 12.8 Å². The molecule has 1 fully saturated rings. The van der Waals surface area contributed by atoms with E-state index in [-0.39, 0.29) is 0 Å². The summed E-state index contributed by atoms with van der Waals surface area (Å²) in [6.07, 6.45) is 7.89. The summed E-state index contributed by atoms with van der Waals surface area (Å²) in [5.74, 6) is 0. The van der Waals surface area contributed by atoms with Crippen LogP contribution in [-0.4, -0.2) is 12.1 Å². The van der Waals surface area contributed by atoms with Gasteiger partial charge in [0.25, 0.3) is 0 Å². The molecule has 0 bridgehead atoms. The first-order valence-corrected chi connectivity index (χ1v) is 7.43. The number of rotatable bonds is 4. The lowest BCUT2D eigenvalue weighted by molar-refractivity contribution is 0.322. The molecule has 1 saturated heterocycles. The van der Waals surface area contributed by atoms with E-state index in [2.05, 4.69) is 31.3 Å². The highest BCUT2D eigenvalue weighted by atomic mass is 32.1. The summed E-state index contributed by atoms with van der Waals surface area (Å²) in [4.78, 5) is 3.09. The second kappa shape index (κ2) is 5.83. The van der Waals surface area contributed by atoms with Crippen LogP contribution in [0.3, 0.4) is 0 Å². The van der Waals surface area contributed by atoms with E-state index in [9.17, 15) is 0 Å². The number of thiophene rings is 1. The number of hydrogen-bond donors (Lipinski definition) is 1. The maximum Gasteiger partial charge on any atom is 0.00730 e. The Kier molecular flexibility index (Phi) is 4.42. The molecule has 0 radical (unpaired) electrons. The van der Waals surface area contributed by atoms with Crippen LogP contribution in [0, 0.1) is 0 Å². The molecule has 2 heterocycles. The summed E-state index contributed by atoms with van der Waals surface area (Å²) in [6, 6.07) is 6.09. The second-order valence-corrected chi connectivity index (χ2v) is 6.21. The molecule has 1 nitrogen and oxygen atoms in total. The summed E-state index contributed by atoms with van der Waals surface area (Å²) in [5, 5.41) is 3.71. The maximum absolute atomic E-state index is 3.71. The van der Waals surface area contributed by atoms with Gasteiger partial charge in [0, 0.05) is 21.8 Å². The zero-order valence-electron chi connectivity index (χ0n) is 10.5. The van der Waals surface area contributed by atoms with Crippen molar-refractivity contribution in [2.75, 3.05) is 0 Å². The Labute approximate surface area is 103 Å². The lowest BCUT2D eigenvalue weighted by Crippen LogP contribution is -2.40. The van der Waals surface area contributed by atoms with Gasteiger partial charge in [0.05, 0.1) is 0 Å². The molecule has 2 rings (SSSR count). The van der Waals surface area contributed by atoms with Crippen molar-refractivity contribution in [1.82, 2.24) is 5.32 Å². The van der Waals surface area contributed by atoms with Gasteiger partial charge in [-0.2, -0.15) is 0 Å². The van der Waals surface area contributed by atoms with Crippen molar-refractivity contribution in [3.05, 3.63) is 21.9 Å². The zero-order chi connectivity index (χ0) is 11.4. The maximum atomic E-state index is 3.71. The molecule has 0 aliphatic carbocycles. The summed E-state index contributed by atoms with van der Waals surface area (Å²) < 4.78 is 0. The largest absolute Gasteiger partial charge is 0.311 e. The summed E-state index contributed by atoms with van der Waals surface area (Å²) in [6.45, 7) is 4.55. The summed E-state index contributed by atoms with van der Waals surface area (Å²) >= 11 is 1.99. The van der Waals surface area contributed by atoms with E-state index >= 15 is 0 Å². The van der Waals surface area contributed by atoms with Crippen molar-refractivity contribution in [3.63, 3.8) is 0 Å². The predicted molar refractivity (Wildman–Crippen MR) is 72.3 cm³/mol. The highest BCUT2D eigenvalue weighted by Crippen LogP contribution is 2.21. The Morgan fingerprint density at radius 3 is 2.81 bits per heavy atom. The van der Waals surface area contributed by atoms with Gasteiger partial charge < -0.3 is 5.32 Å². The van der Waals surface area contributed by atoms with Crippen molar-refractivity contribution >= 4 is 11.3 Å². The average molecular weight is 237 g/mol. The summed E-state index contributed by atoms with van der Waals surface area (Å²) in [5.41, 5.74) is 0. The number of hydrogen-bond acceptors (Lipinski definition) is 2. The minimum atomic E-state index is 0.730.